The van der Waals surface area contributed by atoms with Crippen LogP contribution >= 0.6 is 0 Å². The molecule has 0 aliphatic carbocycles. The fraction of sp³-hybridized carbons (Fsp3) is 0.333. The Kier molecular flexibility index (Phi) is 3.80. The number of nitrogens with one attached hydrogen (secondary N) is 1. The highest BCUT2D eigenvalue weighted by Crippen LogP contribution is 2.26. The van der Waals surface area contributed by atoms with Gasteiger partial charge >= 0.3 is 5.97 Å². The lowest BCUT2D eigenvalue weighted by Crippen LogP contribution is -2.49. The van der Waals surface area contributed by atoms with Crippen molar-refractivity contribution in [3.8, 4) is 11.5 Å². The Bertz CT molecular complexity index is 481. The lowest BCUT2D eigenvalue weighted by atomic mass is 10.1. The van der Waals surface area contributed by atoms with Crippen molar-refractivity contribution in [2.24, 2.45) is 0 Å². The number of aliphatic carboxylic acids is 1. The Morgan fingerprint density at radius 1 is 1.33 bits per heavy atom. The van der Waals surface area contributed by atoms with Gasteiger partial charge in [-0.1, -0.05) is 0 Å². The summed E-state index contributed by atoms with van der Waals surface area (Å²) in [5.74, 6) is -1.67. The summed E-state index contributed by atoms with van der Waals surface area (Å²) >= 11 is 0. The monoisotopic (exact) mass is 253 g/mol. The summed E-state index contributed by atoms with van der Waals surface area (Å²) in [6.07, 6.45) is 0. The van der Waals surface area contributed by atoms with E-state index in [0.29, 0.717) is 0 Å². The Hall–Kier alpha value is -2.24. The zero-order chi connectivity index (χ0) is 13.9. The van der Waals surface area contributed by atoms with Crippen molar-refractivity contribution < 1.29 is 24.5 Å². The molecule has 0 radical (unpaired) electrons. The van der Waals surface area contributed by atoms with Crippen LogP contribution in [-0.2, 0) is 4.79 Å². The molecule has 18 heavy (non-hydrogen) atoms. The van der Waals surface area contributed by atoms with Gasteiger partial charge < -0.3 is 20.3 Å². The number of phenolic OH excluding ortho intramolecular Hbond substituents is 1. The van der Waals surface area contributed by atoms with Gasteiger partial charge in [0.1, 0.15) is 5.54 Å². The van der Waals surface area contributed by atoms with E-state index in [1.165, 1.54) is 39.2 Å². The number of hydrogen-bond donors (Lipinski definition) is 3. The molecule has 1 aromatic rings. The maximum absolute atomic E-state index is 11.8. The molecule has 0 aliphatic heterocycles. The lowest BCUT2D eigenvalue weighted by Gasteiger charge is -2.21. The van der Waals surface area contributed by atoms with Crippen molar-refractivity contribution in [3.05, 3.63) is 23.8 Å². The molecule has 6 heteroatoms. The van der Waals surface area contributed by atoms with E-state index in [4.69, 9.17) is 9.84 Å². The number of carbonyl (C=O) groups excluding carboxylic acids is 1. The summed E-state index contributed by atoms with van der Waals surface area (Å²) in [6, 6.07) is 4.08. The van der Waals surface area contributed by atoms with E-state index in [9.17, 15) is 14.7 Å². The molecule has 0 atom stereocenters. The molecular weight excluding hydrogens is 238 g/mol. The van der Waals surface area contributed by atoms with E-state index in [0.717, 1.165) is 0 Å². The molecule has 0 fully saturated rings. The summed E-state index contributed by atoms with van der Waals surface area (Å²) in [6.45, 7) is 2.74. The normalized spacial score (nSPS) is 10.8. The zero-order valence-electron chi connectivity index (χ0n) is 10.4. The van der Waals surface area contributed by atoms with Crippen LogP contribution in [0.2, 0.25) is 0 Å². The number of phenols is 1. The number of carboxylic acid groups (broad SMARTS) is 1. The van der Waals surface area contributed by atoms with Crippen LogP contribution in [0.15, 0.2) is 18.2 Å². The number of amides is 1. The first-order chi connectivity index (χ1) is 8.27. The van der Waals surface area contributed by atoms with Gasteiger partial charge in [0.05, 0.1) is 7.11 Å². The predicted octanol–water partition coefficient (Wildman–Crippen LogP) is 0.994. The quantitative estimate of drug-likeness (QED) is 0.743. The van der Waals surface area contributed by atoms with Crippen LogP contribution in [0.25, 0.3) is 0 Å². The molecule has 6 nitrogen and oxygen atoms in total. The Morgan fingerprint density at radius 3 is 2.39 bits per heavy atom. The van der Waals surface area contributed by atoms with E-state index in [2.05, 4.69) is 5.32 Å². The number of rotatable bonds is 4. The SMILES string of the molecule is COc1ccc(C(=O)NC(C)(C)C(=O)O)cc1O. The molecule has 0 heterocycles. The summed E-state index contributed by atoms with van der Waals surface area (Å²) < 4.78 is 4.84. The topological polar surface area (TPSA) is 95.9 Å². The van der Waals surface area contributed by atoms with E-state index in [1.54, 1.807) is 0 Å². The minimum Gasteiger partial charge on any atom is -0.504 e. The fourth-order valence-corrected chi connectivity index (χ4v) is 1.24. The third kappa shape index (κ3) is 2.91. The van der Waals surface area contributed by atoms with Gasteiger partial charge in [-0.3, -0.25) is 4.79 Å². The van der Waals surface area contributed by atoms with E-state index in [1.807, 2.05) is 0 Å². The average Bonchev–Trinajstić information content (AvgIpc) is 2.28. The molecule has 0 spiro atoms. The molecule has 98 valence electrons. The van der Waals surface area contributed by atoms with Gasteiger partial charge in [0.25, 0.3) is 5.91 Å². The first-order valence-electron chi connectivity index (χ1n) is 5.21. The number of methoxy groups -OCH3 is 1. The molecule has 0 saturated carbocycles. The minimum absolute atomic E-state index is 0.155. The van der Waals surface area contributed by atoms with Crippen LogP contribution in [0, 0.1) is 0 Å². The van der Waals surface area contributed by atoms with Crippen LogP contribution in [0.3, 0.4) is 0 Å². The molecule has 0 unspecified atom stereocenters. The molecule has 0 aliphatic rings. The van der Waals surface area contributed by atoms with Crippen molar-refractivity contribution >= 4 is 11.9 Å². The van der Waals surface area contributed by atoms with E-state index in [-0.39, 0.29) is 17.1 Å². The van der Waals surface area contributed by atoms with Gasteiger partial charge in [-0.05, 0) is 32.0 Å². The van der Waals surface area contributed by atoms with Crippen LogP contribution < -0.4 is 10.1 Å². The maximum Gasteiger partial charge on any atom is 0.328 e. The second-order valence-corrected chi connectivity index (χ2v) is 4.27. The summed E-state index contributed by atoms with van der Waals surface area (Å²) in [4.78, 5) is 22.7. The van der Waals surface area contributed by atoms with Crippen LogP contribution in [0.1, 0.15) is 24.2 Å². The summed E-state index contributed by atoms with van der Waals surface area (Å²) in [5, 5.41) is 20.8. The van der Waals surface area contributed by atoms with Crippen molar-refractivity contribution in [2.75, 3.05) is 7.11 Å². The highest BCUT2D eigenvalue weighted by Gasteiger charge is 2.29. The number of benzene rings is 1. The van der Waals surface area contributed by atoms with Crippen molar-refractivity contribution in [3.63, 3.8) is 0 Å². The Balaban J connectivity index is 2.92. The standard InChI is InChI=1S/C12H15NO5/c1-12(2,11(16)17)13-10(15)7-4-5-9(18-3)8(14)6-7/h4-6,14H,1-3H3,(H,13,15)(H,16,17). The van der Waals surface area contributed by atoms with Gasteiger partial charge in [0.2, 0.25) is 0 Å². The number of hydrogen-bond acceptors (Lipinski definition) is 4. The fourth-order valence-electron chi connectivity index (χ4n) is 1.24. The van der Waals surface area contributed by atoms with E-state index >= 15 is 0 Å². The third-order valence-corrected chi connectivity index (χ3v) is 2.40. The third-order valence-electron chi connectivity index (χ3n) is 2.40. The van der Waals surface area contributed by atoms with E-state index < -0.39 is 17.4 Å². The molecule has 1 rings (SSSR count). The first kappa shape index (κ1) is 13.8. The molecule has 3 N–H and O–H groups in total. The Labute approximate surface area is 104 Å². The number of carboxylic acids is 1. The van der Waals surface area contributed by atoms with Crippen molar-refractivity contribution in [2.45, 2.75) is 19.4 Å². The zero-order valence-corrected chi connectivity index (χ0v) is 10.4. The van der Waals surface area contributed by atoms with Crippen LogP contribution in [-0.4, -0.2) is 34.7 Å². The molecule has 1 aromatic carbocycles. The van der Waals surface area contributed by atoms with Crippen molar-refractivity contribution in [1.82, 2.24) is 5.32 Å². The summed E-state index contributed by atoms with van der Waals surface area (Å²) in [5.41, 5.74) is -1.23. The highest BCUT2D eigenvalue weighted by molar-refractivity contribution is 5.98. The molecule has 1 amide bonds. The molecular formula is C12H15NO5. The second kappa shape index (κ2) is 4.95. The predicted molar refractivity (Wildman–Crippen MR) is 63.8 cm³/mol. The van der Waals surface area contributed by atoms with Gasteiger partial charge in [0, 0.05) is 5.56 Å². The molecule has 0 bridgehead atoms. The average molecular weight is 253 g/mol. The number of ether oxygens (including phenoxy) is 1. The Morgan fingerprint density at radius 2 is 1.94 bits per heavy atom. The highest BCUT2D eigenvalue weighted by atomic mass is 16.5. The molecule has 0 aromatic heterocycles. The van der Waals surface area contributed by atoms with Gasteiger partial charge in [-0.25, -0.2) is 4.79 Å². The second-order valence-electron chi connectivity index (χ2n) is 4.27. The molecule has 0 saturated heterocycles. The van der Waals surface area contributed by atoms with Crippen LogP contribution in [0.4, 0.5) is 0 Å². The first-order valence-corrected chi connectivity index (χ1v) is 5.21. The van der Waals surface area contributed by atoms with Gasteiger partial charge in [-0.15, -0.1) is 0 Å². The lowest BCUT2D eigenvalue weighted by molar-refractivity contribution is -0.143. The van der Waals surface area contributed by atoms with Crippen LogP contribution in [0.5, 0.6) is 11.5 Å². The summed E-state index contributed by atoms with van der Waals surface area (Å²) in [7, 11) is 1.39. The number of carbonyl (C=O) groups is 2. The minimum atomic E-state index is -1.38. The van der Waals surface area contributed by atoms with Gasteiger partial charge in [0.15, 0.2) is 11.5 Å². The smallest absolute Gasteiger partial charge is 0.328 e. The largest absolute Gasteiger partial charge is 0.504 e. The van der Waals surface area contributed by atoms with Crippen molar-refractivity contribution in [1.29, 1.82) is 0 Å². The van der Waals surface area contributed by atoms with Gasteiger partial charge in [-0.2, -0.15) is 0 Å². The number of aromatic hydroxyl groups is 1. The maximum atomic E-state index is 11.8.